The van der Waals surface area contributed by atoms with Crippen LogP contribution in [0.4, 0.5) is 4.79 Å². The summed E-state index contributed by atoms with van der Waals surface area (Å²) in [4.78, 5) is 33.1. The van der Waals surface area contributed by atoms with Gasteiger partial charge >= 0.3 is 12.0 Å². The second-order valence-corrected chi connectivity index (χ2v) is 4.56. The zero-order chi connectivity index (χ0) is 14.8. The van der Waals surface area contributed by atoms with Crippen LogP contribution in [-0.4, -0.2) is 35.1 Å². The molecule has 0 saturated carbocycles. The van der Waals surface area contributed by atoms with Crippen LogP contribution in [0.5, 0.6) is 0 Å². The molecule has 0 aromatic rings. The van der Waals surface area contributed by atoms with Gasteiger partial charge in [-0.3, -0.25) is 4.79 Å². The van der Waals surface area contributed by atoms with Crippen molar-refractivity contribution in [3.8, 4) is 0 Å². The molecule has 2 atom stereocenters. The molecule has 7 heteroatoms. The molecule has 0 spiro atoms. The van der Waals surface area contributed by atoms with E-state index in [1.54, 1.807) is 0 Å². The number of nitrogens with one attached hydrogen (secondary N) is 2. The minimum Gasteiger partial charge on any atom is -0.480 e. The first-order valence-corrected chi connectivity index (χ1v) is 6.45. The van der Waals surface area contributed by atoms with E-state index in [2.05, 4.69) is 17.6 Å². The second kappa shape index (κ2) is 9.18. The molecule has 7 nitrogen and oxygen atoms in total. The molecular formula is C12H23N3O4. The molecule has 0 rings (SSSR count). The van der Waals surface area contributed by atoms with Crippen LogP contribution in [-0.2, 0) is 9.59 Å². The van der Waals surface area contributed by atoms with Gasteiger partial charge in [-0.2, -0.15) is 0 Å². The number of rotatable bonds is 9. The summed E-state index contributed by atoms with van der Waals surface area (Å²) in [7, 11) is 0. The standard InChI is InChI=1S/C12H23N3O4/c1-3-4-5-8(2)14-12(19)15-9(11(17)18)6-7-10(13)16/h8-9H,3-7H2,1-2H3,(H2,13,16)(H,17,18)(H2,14,15,19)/t8?,9-/m0/s1. The van der Waals surface area contributed by atoms with Crippen molar-refractivity contribution in [1.29, 1.82) is 0 Å². The monoisotopic (exact) mass is 273 g/mol. The van der Waals surface area contributed by atoms with Crippen LogP contribution in [0.2, 0.25) is 0 Å². The van der Waals surface area contributed by atoms with Gasteiger partial charge in [0.15, 0.2) is 0 Å². The summed E-state index contributed by atoms with van der Waals surface area (Å²) < 4.78 is 0. The van der Waals surface area contributed by atoms with E-state index in [-0.39, 0.29) is 18.9 Å². The van der Waals surface area contributed by atoms with E-state index in [0.717, 1.165) is 19.3 Å². The third-order valence-electron chi connectivity index (χ3n) is 2.65. The molecular weight excluding hydrogens is 250 g/mol. The van der Waals surface area contributed by atoms with Crippen LogP contribution in [0.25, 0.3) is 0 Å². The number of aliphatic carboxylic acids is 1. The molecule has 0 aliphatic rings. The van der Waals surface area contributed by atoms with Crippen molar-refractivity contribution in [2.45, 2.75) is 58.0 Å². The van der Waals surface area contributed by atoms with Crippen molar-refractivity contribution in [1.82, 2.24) is 10.6 Å². The fourth-order valence-corrected chi connectivity index (χ4v) is 1.55. The summed E-state index contributed by atoms with van der Waals surface area (Å²) in [6.45, 7) is 3.91. The number of nitrogens with two attached hydrogens (primary N) is 1. The van der Waals surface area contributed by atoms with Gasteiger partial charge in [-0.25, -0.2) is 9.59 Å². The fraction of sp³-hybridized carbons (Fsp3) is 0.750. The zero-order valence-corrected chi connectivity index (χ0v) is 11.4. The van der Waals surface area contributed by atoms with Crippen LogP contribution in [0, 0.1) is 0 Å². The van der Waals surface area contributed by atoms with Crippen LogP contribution in [0.15, 0.2) is 0 Å². The Kier molecular flexibility index (Phi) is 8.32. The van der Waals surface area contributed by atoms with Crippen molar-refractivity contribution in [2.24, 2.45) is 5.73 Å². The molecule has 0 fully saturated rings. The normalized spacial score (nSPS) is 13.4. The number of urea groups is 1. The maximum atomic E-state index is 11.6. The molecule has 5 N–H and O–H groups in total. The van der Waals surface area contributed by atoms with Gasteiger partial charge in [-0.1, -0.05) is 19.8 Å². The fourth-order valence-electron chi connectivity index (χ4n) is 1.55. The predicted octanol–water partition coefficient (Wildman–Crippen LogP) is 0.583. The Bertz CT molecular complexity index is 320. The first kappa shape index (κ1) is 17.2. The van der Waals surface area contributed by atoms with Crippen molar-refractivity contribution in [3.05, 3.63) is 0 Å². The number of hydrogen-bond donors (Lipinski definition) is 4. The predicted molar refractivity (Wildman–Crippen MR) is 70.5 cm³/mol. The van der Waals surface area contributed by atoms with Crippen molar-refractivity contribution in [3.63, 3.8) is 0 Å². The number of carbonyl (C=O) groups excluding carboxylic acids is 2. The number of primary amides is 1. The van der Waals surface area contributed by atoms with E-state index < -0.39 is 23.9 Å². The number of carboxylic acids is 1. The number of amides is 3. The molecule has 0 aromatic heterocycles. The lowest BCUT2D eigenvalue weighted by Gasteiger charge is -2.17. The lowest BCUT2D eigenvalue weighted by molar-refractivity contribution is -0.139. The molecule has 0 aliphatic heterocycles. The Hall–Kier alpha value is -1.79. The Balaban J connectivity index is 4.16. The lowest BCUT2D eigenvalue weighted by Crippen LogP contribution is -2.48. The maximum absolute atomic E-state index is 11.6. The maximum Gasteiger partial charge on any atom is 0.326 e. The second-order valence-electron chi connectivity index (χ2n) is 4.56. The van der Waals surface area contributed by atoms with E-state index in [4.69, 9.17) is 10.8 Å². The molecule has 0 aliphatic carbocycles. The van der Waals surface area contributed by atoms with Crippen molar-refractivity contribution in [2.75, 3.05) is 0 Å². The Morgan fingerprint density at radius 1 is 1.21 bits per heavy atom. The van der Waals surface area contributed by atoms with Crippen LogP contribution in [0.1, 0.15) is 46.0 Å². The molecule has 19 heavy (non-hydrogen) atoms. The van der Waals surface area contributed by atoms with Gasteiger partial charge in [0, 0.05) is 12.5 Å². The molecule has 3 amide bonds. The topological polar surface area (TPSA) is 122 Å². The highest BCUT2D eigenvalue weighted by molar-refractivity contribution is 5.83. The largest absolute Gasteiger partial charge is 0.480 e. The third-order valence-corrected chi connectivity index (χ3v) is 2.65. The Morgan fingerprint density at radius 3 is 2.32 bits per heavy atom. The molecule has 0 aromatic carbocycles. The van der Waals surface area contributed by atoms with Crippen LogP contribution >= 0.6 is 0 Å². The Labute approximate surface area is 112 Å². The first-order valence-electron chi connectivity index (χ1n) is 6.45. The van der Waals surface area contributed by atoms with E-state index in [0.29, 0.717) is 0 Å². The van der Waals surface area contributed by atoms with E-state index >= 15 is 0 Å². The lowest BCUT2D eigenvalue weighted by atomic mass is 10.1. The zero-order valence-electron chi connectivity index (χ0n) is 11.4. The van der Waals surface area contributed by atoms with Gasteiger partial charge < -0.3 is 21.5 Å². The first-order chi connectivity index (χ1) is 8.86. The Morgan fingerprint density at radius 2 is 1.84 bits per heavy atom. The quantitative estimate of drug-likeness (QED) is 0.491. The van der Waals surface area contributed by atoms with Crippen molar-refractivity contribution >= 4 is 17.9 Å². The molecule has 0 heterocycles. The van der Waals surface area contributed by atoms with Gasteiger partial charge in [0.05, 0.1) is 0 Å². The molecule has 110 valence electrons. The third kappa shape index (κ3) is 8.87. The SMILES string of the molecule is CCCCC(C)NC(=O)N[C@@H](CCC(N)=O)C(=O)O. The minimum atomic E-state index is -1.18. The van der Waals surface area contributed by atoms with Gasteiger partial charge in [-0.05, 0) is 19.8 Å². The number of carbonyl (C=O) groups is 3. The minimum absolute atomic E-state index is 0.0125. The highest BCUT2D eigenvalue weighted by Gasteiger charge is 2.20. The van der Waals surface area contributed by atoms with Gasteiger partial charge in [0.1, 0.15) is 6.04 Å². The highest BCUT2D eigenvalue weighted by atomic mass is 16.4. The number of unbranched alkanes of at least 4 members (excludes halogenated alkanes) is 1. The molecule has 0 bridgehead atoms. The van der Waals surface area contributed by atoms with E-state index in [1.165, 1.54) is 0 Å². The van der Waals surface area contributed by atoms with Crippen LogP contribution in [0.3, 0.4) is 0 Å². The smallest absolute Gasteiger partial charge is 0.326 e. The molecule has 1 unspecified atom stereocenters. The summed E-state index contributed by atoms with van der Waals surface area (Å²) in [6.07, 6.45) is 2.77. The van der Waals surface area contributed by atoms with Crippen molar-refractivity contribution < 1.29 is 19.5 Å². The number of carboxylic acid groups (broad SMARTS) is 1. The van der Waals surface area contributed by atoms with Crippen LogP contribution < -0.4 is 16.4 Å². The summed E-state index contributed by atoms with van der Waals surface area (Å²) in [6, 6.07) is -1.67. The summed E-state index contributed by atoms with van der Waals surface area (Å²) in [5.74, 6) is -1.78. The van der Waals surface area contributed by atoms with Gasteiger partial charge in [0.25, 0.3) is 0 Å². The summed E-state index contributed by atoms with van der Waals surface area (Å²) in [5, 5.41) is 13.9. The molecule has 0 radical (unpaired) electrons. The summed E-state index contributed by atoms with van der Waals surface area (Å²) >= 11 is 0. The average Bonchev–Trinajstić information content (AvgIpc) is 2.31. The average molecular weight is 273 g/mol. The van der Waals surface area contributed by atoms with E-state index in [9.17, 15) is 14.4 Å². The summed E-state index contributed by atoms with van der Waals surface area (Å²) in [5.41, 5.74) is 4.95. The molecule has 0 saturated heterocycles. The highest BCUT2D eigenvalue weighted by Crippen LogP contribution is 2.00. The number of hydrogen-bond acceptors (Lipinski definition) is 3. The van der Waals surface area contributed by atoms with Gasteiger partial charge in [-0.15, -0.1) is 0 Å². The van der Waals surface area contributed by atoms with Gasteiger partial charge in [0.2, 0.25) is 5.91 Å². The van der Waals surface area contributed by atoms with E-state index in [1.807, 2.05) is 6.92 Å².